The average molecular weight is 285 g/mol. The minimum atomic E-state index is 0.0445. The van der Waals surface area contributed by atoms with Crippen LogP contribution >= 0.6 is 0 Å². The molecule has 1 aromatic heterocycles. The normalized spacial score (nSPS) is 22.4. The van der Waals surface area contributed by atoms with E-state index in [0.29, 0.717) is 12.1 Å². The molecule has 112 valence electrons. The number of hydrogen-bond acceptors (Lipinski definition) is 3. The Morgan fingerprint density at radius 2 is 1.86 bits per heavy atom. The van der Waals surface area contributed by atoms with Crippen molar-refractivity contribution < 1.29 is 0 Å². The number of benzene rings is 1. The van der Waals surface area contributed by atoms with E-state index < -0.39 is 0 Å². The molecule has 1 aliphatic carbocycles. The van der Waals surface area contributed by atoms with Crippen LogP contribution in [0.15, 0.2) is 35.1 Å². The summed E-state index contributed by atoms with van der Waals surface area (Å²) < 4.78 is 1.71. The molecule has 21 heavy (non-hydrogen) atoms. The number of nitrogens with zero attached hydrogens (tertiary/aromatic N) is 2. The van der Waals surface area contributed by atoms with Crippen molar-refractivity contribution in [3.63, 3.8) is 0 Å². The van der Waals surface area contributed by atoms with Gasteiger partial charge < -0.3 is 15.2 Å². The van der Waals surface area contributed by atoms with Crippen molar-refractivity contribution in [2.45, 2.75) is 37.8 Å². The number of pyridine rings is 1. The van der Waals surface area contributed by atoms with Crippen molar-refractivity contribution in [1.82, 2.24) is 4.57 Å². The number of hydrogen-bond donors (Lipinski definition) is 1. The summed E-state index contributed by atoms with van der Waals surface area (Å²) in [5, 5.41) is 1.14. The van der Waals surface area contributed by atoms with Gasteiger partial charge in [0.15, 0.2) is 0 Å². The zero-order valence-corrected chi connectivity index (χ0v) is 12.7. The fourth-order valence-electron chi connectivity index (χ4n) is 3.37. The van der Waals surface area contributed by atoms with Gasteiger partial charge in [-0.05, 0) is 31.7 Å². The maximum Gasteiger partial charge on any atom is 0.252 e. The summed E-state index contributed by atoms with van der Waals surface area (Å²) in [5.74, 6) is 0. The third-order valence-corrected chi connectivity index (χ3v) is 4.80. The van der Waals surface area contributed by atoms with Gasteiger partial charge in [0, 0.05) is 37.6 Å². The zero-order chi connectivity index (χ0) is 15.0. The van der Waals surface area contributed by atoms with Crippen LogP contribution in [-0.2, 0) is 7.05 Å². The smallest absolute Gasteiger partial charge is 0.252 e. The first-order valence-electron chi connectivity index (χ1n) is 7.65. The summed E-state index contributed by atoms with van der Waals surface area (Å²) in [4.78, 5) is 14.5. The Balaban J connectivity index is 2.04. The van der Waals surface area contributed by atoms with Gasteiger partial charge >= 0.3 is 0 Å². The minimum Gasteiger partial charge on any atom is -0.371 e. The molecular formula is C17H23N3O. The largest absolute Gasteiger partial charge is 0.371 e. The standard InChI is InChI=1S/C17H23N3O/c1-19(13-9-7-12(18)8-10-13)16-11-17(21)20(2)15-6-4-3-5-14(15)16/h3-6,11-13H,7-10,18H2,1-2H3. The summed E-state index contributed by atoms with van der Waals surface area (Å²) in [6.07, 6.45) is 4.33. The Morgan fingerprint density at radius 3 is 2.57 bits per heavy atom. The van der Waals surface area contributed by atoms with Gasteiger partial charge in [0.25, 0.3) is 5.56 Å². The Morgan fingerprint density at radius 1 is 1.19 bits per heavy atom. The molecule has 0 saturated heterocycles. The SMILES string of the molecule is CN(c1cc(=O)n(C)c2ccccc12)C1CCC(N)CC1. The van der Waals surface area contributed by atoms with E-state index in [1.807, 2.05) is 25.2 Å². The summed E-state index contributed by atoms with van der Waals surface area (Å²) in [6.45, 7) is 0. The van der Waals surface area contributed by atoms with Gasteiger partial charge in [-0.3, -0.25) is 4.79 Å². The number of aryl methyl sites for hydroxylation is 1. The molecule has 0 unspecified atom stereocenters. The highest BCUT2D eigenvalue weighted by Crippen LogP contribution is 2.29. The lowest BCUT2D eigenvalue weighted by atomic mass is 9.90. The van der Waals surface area contributed by atoms with E-state index in [0.717, 1.165) is 42.3 Å². The van der Waals surface area contributed by atoms with E-state index in [1.54, 1.807) is 10.6 Å². The van der Waals surface area contributed by atoms with Gasteiger partial charge in [-0.25, -0.2) is 0 Å². The molecule has 0 spiro atoms. The number of aromatic nitrogens is 1. The first kappa shape index (κ1) is 14.1. The van der Waals surface area contributed by atoms with Crippen LogP contribution in [0.4, 0.5) is 5.69 Å². The fourth-order valence-corrected chi connectivity index (χ4v) is 3.37. The van der Waals surface area contributed by atoms with Crippen molar-refractivity contribution in [3.05, 3.63) is 40.7 Å². The highest BCUT2D eigenvalue weighted by molar-refractivity contribution is 5.91. The van der Waals surface area contributed by atoms with E-state index in [1.165, 1.54) is 0 Å². The van der Waals surface area contributed by atoms with Gasteiger partial charge in [-0.2, -0.15) is 0 Å². The van der Waals surface area contributed by atoms with Crippen LogP contribution in [0.25, 0.3) is 10.9 Å². The molecule has 0 radical (unpaired) electrons. The molecule has 0 atom stereocenters. The van der Waals surface area contributed by atoms with Crippen molar-refractivity contribution in [3.8, 4) is 0 Å². The molecule has 1 fully saturated rings. The topological polar surface area (TPSA) is 51.3 Å². The van der Waals surface area contributed by atoms with E-state index in [-0.39, 0.29) is 5.56 Å². The molecule has 1 aliphatic rings. The third kappa shape index (κ3) is 2.56. The molecular weight excluding hydrogens is 262 g/mol. The average Bonchev–Trinajstić information content (AvgIpc) is 2.51. The number of nitrogens with two attached hydrogens (primary N) is 1. The maximum absolute atomic E-state index is 12.2. The number of anilines is 1. The van der Waals surface area contributed by atoms with Crippen LogP contribution < -0.4 is 16.2 Å². The van der Waals surface area contributed by atoms with Gasteiger partial charge in [0.05, 0.1) is 11.2 Å². The predicted molar refractivity (Wildman–Crippen MR) is 87.8 cm³/mol. The molecule has 0 amide bonds. The van der Waals surface area contributed by atoms with E-state index >= 15 is 0 Å². The molecule has 2 aromatic rings. The van der Waals surface area contributed by atoms with Crippen molar-refractivity contribution in [1.29, 1.82) is 0 Å². The summed E-state index contributed by atoms with van der Waals surface area (Å²) in [6, 6.07) is 10.7. The van der Waals surface area contributed by atoms with Crippen LogP contribution in [0.5, 0.6) is 0 Å². The summed E-state index contributed by atoms with van der Waals surface area (Å²) in [5.41, 5.74) is 8.06. The Labute approximate surface area is 125 Å². The highest BCUT2D eigenvalue weighted by atomic mass is 16.1. The van der Waals surface area contributed by atoms with Crippen LogP contribution in [0.2, 0.25) is 0 Å². The quantitative estimate of drug-likeness (QED) is 0.920. The fraction of sp³-hybridized carbons (Fsp3) is 0.471. The lowest BCUT2D eigenvalue weighted by molar-refractivity contribution is 0.385. The lowest BCUT2D eigenvalue weighted by Gasteiger charge is -2.35. The van der Waals surface area contributed by atoms with Gasteiger partial charge in [-0.1, -0.05) is 18.2 Å². The van der Waals surface area contributed by atoms with Crippen LogP contribution in [0.1, 0.15) is 25.7 Å². The Bertz CT molecular complexity index is 699. The minimum absolute atomic E-state index is 0.0445. The monoisotopic (exact) mass is 285 g/mol. The van der Waals surface area contributed by atoms with Crippen molar-refractivity contribution in [2.24, 2.45) is 12.8 Å². The van der Waals surface area contributed by atoms with Crippen molar-refractivity contribution in [2.75, 3.05) is 11.9 Å². The van der Waals surface area contributed by atoms with E-state index in [9.17, 15) is 4.79 Å². The molecule has 0 bridgehead atoms. The second-order valence-electron chi connectivity index (χ2n) is 6.12. The van der Waals surface area contributed by atoms with Crippen molar-refractivity contribution >= 4 is 16.6 Å². The Hall–Kier alpha value is -1.81. The molecule has 1 saturated carbocycles. The second-order valence-corrected chi connectivity index (χ2v) is 6.12. The summed E-state index contributed by atoms with van der Waals surface area (Å²) >= 11 is 0. The third-order valence-electron chi connectivity index (χ3n) is 4.80. The molecule has 1 aromatic carbocycles. The molecule has 2 N–H and O–H groups in total. The first-order valence-corrected chi connectivity index (χ1v) is 7.65. The van der Waals surface area contributed by atoms with Crippen LogP contribution in [0, 0.1) is 0 Å². The van der Waals surface area contributed by atoms with Crippen LogP contribution in [0.3, 0.4) is 0 Å². The van der Waals surface area contributed by atoms with Gasteiger partial charge in [0.1, 0.15) is 0 Å². The first-order chi connectivity index (χ1) is 10.1. The molecule has 4 nitrogen and oxygen atoms in total. The molecule has 3 rings (SSSR count). The number of para-hydroxylation sites is 1. The van der Waals surface area contributed by atoms with Crippen LogP contribution in [-0.4, -0.2) is 23.7 Å². The summed E-state index contributed by atoms with van der Waals surface area (Å²) in [7, 11) is 3.93. The van der Waals surface area contributed by atoms with E-state index in [2.05, 4.69) is 18.0 Å². The van der Waals surface area contributed by atoms with E-state index in [4.69, 9.17) is 5.73 Å². The van der Waals surface area contributed by atoms with Gasteiger partial charge in [-0.15, -0.1) is 0 Å². The zero-order valence-electron chi connectivity index (χ0n) is 12.7. The Kier molecular flexibility index (Phi) is 3.72. The highest BCUT2D eigenvalue weighted by Gasteiger charge is 2.23. The second kappa shape index (κ2) is 5.53. The molecule has 0 aliphatic heterocycles. The predicted octanol–water partition coefficient (Wildman–Crippen LogP) is 2.24. The number of fused-ring (bicyclic) bond motifs is 1. The number of rotatable bonds is 2. The van der Waals surface area contributed by atoms with Gasteiger partial charge in [0.2, 0.25) is 0 Å². The molecule has 4 heteroatoms. The molecule has 1 heterocycles. The lowest BCUT2D eigenvalue weighted by Crippen LogP contribution is -2.39. The maximum atomic E-state index is 12.2.